The van der Waals surface area contributed by atoms with E-state index in [0.29, 0.717) is 41.9 Å². The smallest absolute Gasteiger partial charge is 0.254 e. The number of rotatable bonds is 2. The van der Waals surface area contributed by atoms with E-state index in [2.05, 4.69) is 36.2 Å². The Morgan fingerprint density at radius 1 is 1.10 bits per heavy atom. The Balaban J connectivity index is 1.26. The van der Waals surface area contributed by atoms with Crippen LogP contribution in [0.1, 0.15) is 52.7 Å². The van der Waals surface area contributed by atoms with Crippen LogP contribution >= 0.6 is 27.5 Å². The van der Waals surface area contributed by atoms with E-state index >= 15 is 4.39 Å². The van der Waals surface area contributed by atoms with E-state index < -0.39 is 11.4 Å². The van der Waals surface area contributed by atoms with Gasteiger partial charge in [-0.05, 0) is 71.8 Å². The first-order chi connectivity index (χ1) is 19.3. The van der Waals surface area contributed by atoms with Crippen LogP contribution in [0.15, 0.2) is 58.3 Å². The average Bonchev–Trinajstić information content (AvgIpc) is 3.28. The molecular formula is C29H21BrClFN6O2. The summed E-state index contributed by atoms with van der Waals surface area (Å²) in [6.45, 7) is 0. The molecule has 0 saturated heterocycles. The summed E-state index contributed by atoms with van der Waals surface area (Å²) in [7, 11) is 0. The number of carbonyl (C=O) groups excluding carboxylic acids is 1. The van der Waals surface area contributed by atoms with Gasteiger partial charge in [0.2, 0.25) is 0 Å². The average molecular weight is 620 g/mol. The van der Waals surface area contributed by atoms with Gasteiger partial charge < -0.3 is 14.9 Å². The van der Waals surface area contributed by atoms with E-state index in [-0.39, 0.29) is 28.1 Å². The summed E-state index contributed by atoms with van der Waals surface area (Å²) < 4.78 is 20.0. The Hall–Kier alpha value is -3.76. The Morgan fingerprint density at radius 2 is 1.95 bits per heavy atom. The first kappa shape index (κ1) is 24.1. The number of pyridine rings is 2. The zero-order valence-electron chi connectivity index (χ0n) is 21.0. The molecule has 11 heteroatoms. The number of H-pyrrole nitrogens is 1. The number of hydrogen-bond donors (Lipinski definition) is 2. The molecule has 8 rings (SSSR count). The minimum atomic E-state index is -0.595. The number of carbonyl (C=O) groups is 1. The highest BCUT2D eigenvalue weighted by atomic mass is 79.9. The molecule has 0 unspecified atom stereocenters. The van der Waals surface area contributed by atoms with Gasteiger partial charge in [0, 0.05) is 40.2 Å². The van der Waals surface area contributed by atoms with Crippen LogP contribution in [0.4, 0.5) is 4.39 Å². The normalized spacial score (nSPS) is 18.7. The maximum atomic E-state index is 15.6. The second-order valence-corrected chi connectivity index (χ2v) is 12.1. The zero-order chi connectivity index (χ0) is 27.3. The standard InChI is InChI=1S/C29H21BrClFN6O2/c30-21-13-33-22-9-14(5-8-37(21)22)18-12-34-27(35-18)20-4-3-19-25-16(10-23(39)38(19)20)24-15(1-2-17(31)26(24)32)11-29(6-7-29)36-28(25)40/h1-2,5,8-10,12-13,20H,3-4,6-7,11H2,(H,34,35)(H,36,40)/t20-/m0/s1. The number of nitrogens with one attached hydrogen (secondary N) is 2. The van der Waals surface area contributed by atoms with Crippen LogP contribution < -0.4 is 10.9 Å². The van der Waals surface area contributed by atoms with Gasteiger partial charge in [-0.25, -0.2) is 14.4 Å². The molecule has 4 aromatic heterocycles. The maximum absolute atomic E-state index is 15.6. The number of hydrogen-bond acceptors (Lipinski definition) is 4. The lowest BCUT2D eigenvalue weighted by atomic mass is 9.88. The fourth-order valence-corrected chi connectivity index (χ4v) is 6.90. The molecule has 200 valence electrons. The fourth-order valence-electron chi connectivity index (χ4n) is 6.34. The van der Waals surface area contributed by atoms with Crippen LogP contribution in [0.25, 0.3) is 28.0 Å². The molecule has 2 N–H and O–H groups in total. The molecule has 8 nitrogen and oxygen atoms in total. The molecule has 2 aliphatic heterocycles. The van der Waals surface area contributed by atoms with E-state index in [1.807, 2.05) is 22.7 Å². The highest BCUT2D eigenvalue weighted by Crippen LogP contribution is 2.46. The fraction of sp³-hybridized carbons (Fsp3) is 0.241. The minimum Gasteiger partial charge on any atom is -0.346 e. The first-order valence-corrected chi connectivity index (χ1v) is 14.3. The highest BCUT2D eigenvalue weighted by Gasteiger charge is 2.47. The topological polar surface area (TPSA) is 97.1 Å². The Labute approximate surface area is 240 Å². The van der Waals surface area contributed by atoms with Crippen molar-refractivity contribution in [1.29, 1.82) is 0 Å². The first-order valence-electron chi connectivity index (χ1n) is 13.1. The van der Waals surface area contributed by atoms with Crippen LogP contribution in [0, 0.1) is 5.82 Å². The lowest BCUT2D eigenvalue weighted by Crippen LogP contribution is -2.41. The largest absolute Gasteiger partial charge is 0.346 e. The summed E-state index contributed by atoms with van der Waals surface area (Å²) in [5, 5.41) is 3.17. The lowest BCUT2D eigenvalue weighted by molar-refractivity contribution is 0.0929. The molecule has 5 aromatic rings. The van der Waals surface area contributed by atoms with Crippen molar-refractivity contribution in [3.63, 3.8) is 0 Å². The minimum absolute atomic E-state index is 0.0296. The number of benzene rings is 1. The molecule has 1 atom stereocenters. The van der Waals surface area contributed by atoms with Gasteiger partial charge >= 0.3 is 0 Å². The molecule has 40 heavy (non-hydrogen) atoms. The number of aromatic nitrogens is 5. The van der Waals surface area contributed by atoms with E-state index in [1.54, 1.807) is 29.1 Å². The highest BCUT2D eigenvalue weighted by molar-refractivity contribution is 9.10. The molecule has 1 fully saturated rings. The van der Waals surface area contributed by atoms with E-state index in [1.165, 1.54) is 6.07 Å². The monoisotopic (exact) mass is 618 g/mol. The van der Waals surface area contributed by atoms with Crippen molar-refractivity contribution in [3.05, 3.63) is 97.4 Å². The van der Waals surface area contributed by atoms with Crippen molar-refractivity contribution < 1.29 is 9.18 Å². The molecule has 1 amide bonds. The molecular weight excluding hydrogens is 599 g/mol. The van der Waals surface area contributed by atoms with Gasteiger partial charge in [0.05, 0.1) is 34.7 Å². The quantitative estimate of drug-likeness (QED) is 0.274. The molecule has 0 radical (unpaired) electrons. The Kier molecular flexibility index (Phi) is 5.04. The SMILES string of the molecule is O=C1NC2(CC2)Cc2ccc(Cl)c(F)c2-c2cc(=O)n3c(c21)CC[C@H]3c1ncc(-c2ccn3c(Br)cnc3c2)[nH]1. The van der Waals surface area contributed by atoms with Gasteiger partial charge in [0.25, 0.3) is 11.5 Å². The Bertz CT molecular complexity index is 1970. The van der Waals surface area contributed by atoms with Crippen molar-refractivity contribution in [3.8, 4) is 22.4 Å². The van der Waals surface area contributed by atoms with Crippen molar-refractivity contribution >= 4 is 39.1 Å². The van der Waals surface area contributed by atoms with Crippen LogP contribution in [0.2, 0.25) is 5.02 Å². The lowest BCUT2D eigenvalue weighted by Gasteiger charge is -2.27. The number of nitrogens with zero attached hydrogens (tertiary/aromatic N) is 4. The van der Waals surface area contributed by atoms with Gasteiger partial charge in [-0.2, -0.15) is 0 Å². The van der Waals surface area contributed by atoms with Gasteiger partial charge in [-0.3, -0.25) is 14.0 Å². The molecule has 1 spiro atoms. The summed E-state index contributed by atoms with van der Waals surface area (Å²) in [4.78, 5) is 39.8. The predicted molar refractivity (Wildman–Crippen MR) is 151 cm³/mol. The predicted octanol–water partition coefficient (Wildman–Crippen LogP) is 5.46. The summed E-state index contributed by atoms with van der Waals surface area (Å²) in [5.74, 6) is -0.247. The summed E-state index contributed by atoms with van der Waals surface area (Å²) in [6.07, 6.45) is 8.61. The van der Waals surface area contributed by atoms with Crippen molar-refractivity contribution in [2.45, 2.75) is 43.7 Å². The molecule has 6 heterocycles. The van der Waals surface area contributed by atoms with Crippen molar-refractivity contribution in [1.82, 2.24) is 29.2 Å². The molecule has 0 bridgehead atoms. The number of imidazole rings is 2. The van der Waals surface area contributed by atoms with E-state index in [4.69, 9.17) is 11.6 Å². The summed E-state index contributed by atoms with van der Waals surface area (Å²) in [5.41, 5.74) is 4.04. The molecule has 1 saturated carbocycles. The van der Waals surface area contributed by atoms with Crippen LogP contribution in [-0.4, -0.2) is 35.4 Å². The maximum Gasteiger partial charge on any atom is 0.254 e. The van der Waals surface area contributed by atoms with Gasteiger partial charge in [-0.15, -0.1) is 0 Å². The second-order valence-electron chi connectivity index (χ2n) is 10.9. The Morgan fingerprint density at radius 3 is 2.77 bits per heavy atom. The third kappa shape index (κ3) is 3.48. The van der Waals surface area contributed by atoms with Crippen LogP contribution in [0.3, 0.4) is 0 Å². The summed E-state index contributed by atoms with van der Waals surface area (Å²) in [6, 6.07) is 8.26. The molecule has 3 aliphatic rings. The van der Waals surface area contributed by atoms with Crippen molar-refractivity contribution in [2.75, 3.05) is 0 Å². The van der Waals surface area contributed by atoms with Crippen molar-refractivity contribution in [2.24, 2.45) is 0 Å². The van der Waals surface area contributed by atoms with Gasteiger partial charge in [0.1, 0.15) is 21.9 Å². The molecule has 1 aromatic carbocycles. The number of amides is 1. The second kappa shape index (κ2) is 8.37. The van der Waals surface area contributed by atoms with E-state index in [9.17, 15) is 9.59 Å². The zero-order valence-corrected chi connectivity index (χ0v) is 23.3. The van der Waals surface area contributed by atoms with Crippen LogP contribution in [-0.2, 0) is 12.8 Å². The molecule has 1 aliphatic carbocycles. The van der Waals surface area contributed by atoms with Crippen LogP contribution in [0.5, 0.6) is 0 Å². The third-order valence-electron chi connectivity index (χ3n) is 8.45. The number of fused-ring (bicyclic) bond motifs is 6. The van der Waals surface area contributed by atoms with E-state index in [0.717, 1.165) is 39.9 Å². The third-order valence-corrected chi connectivity index (χ3v) is 9.33. The number of aromatic amines is 1. The summed E-state index contributed by atoms with van der Waals surface area (Å²) >= 11 is 9.67. The number of halogens is 3. The van der Waals surface area contributed by atoms with Gasteiger partial charge in [-0.1, -0.05) is 17.7 Å². The van der Waals surface area contributed by atoms with Gasteiger partial charge in [0.15, 0.2) is 0 Å².